The zero-order chi connectivity index (χ0) is 25.9. The molecule has 0 unspecified atom stereocenters. The molecular weight excluding hydrogens is 494 g/mol. The monoisotopic (exact) mass is 523 g/mol. The summed E-state index contributed by atoms with van der Waals surface area (Å²) in [6.07, 6.45) is 1.65. The fourth-order valence-corrected chi connectivity index (χ4v) is 5.74. The SMILES string of the molecule is O=C(Nc1nccs1)[C@@H](c1ccccc1)N1Cc2ccc(-c3ccc(CN4CCNCC4)cc3)cc2C1=O. The Morgan fingerprint density at radius 2 is 1.76 bits per heavy atom. The van der Waals surface area contributed by atoms with Crippen molar-refractivity contribution >= 4 is 28.3 Å². The van der Waals surface area contributed by atoms with Crippen molar-refractivity contribution in [1.82, 2.24) is 20.1 Å². The van der Waals surface area contributed by atoms with Crippen LogP contribution in [-0.4, -0.2) is 52.8 Å². The van der Waals surface area contributed by atoms with Crippen LogP contribution in [0.2, 0.25) is 0 Å². The van der Waals surface area contributed by atoms with Crippen LogP contribution in [0.25, 0.3) is 11.1 Å². The number of piperazine rings is 1. The third-order valence-corrected chi connectivity index (χ3v) is 7.87. The zero-order valence-corrected chi connectivity index (χ0v) is 21.8. The van der Waals surface area contributed by atoms with E-state index in [1.807, 2.05) is 47.8 Å². The molecular formula is C30H29N5O2S. The number of carbonyl (C=O) groups excluding carboxylic acids is 2. The number of rotatable bonds is 7. The molecule has 3 aromatic carbocycles. The van der Waals surface area contributed by atoms with Gasteiger partial charge in [-0.3, -0.25) is 19.8 Å². The summed E-state index contributed by atoms with van der Waals surface area (Å²) in [7, 11) is 0. The van der Waals surface area contributed by atoms with E-state index < -0.39 is 6.04 Å². The summed E-state index contributed by atoms with van der Waals surface area (Å²) in [4.78, 5) is 35.4. The van der Waals surface area contributed by atoms with Crippen LogP contribution in [0.3, 0.4) is 0 Å². The maximum atomic E-state index is 13.7. The van der Waals surface area contributed by atoms with Crippen LogP contribution in [0.1, 0.15) is 33.1 Å². The largest absolute Gasteiger partial charge is 0.318 e. The van der Waals surface area contributed by atoms with E-state index in [1.54, 1.807) is 11.1 Å². The van der Waals surface area contributed by atoms with Crippen molar-refractivity contribution in [2.75, 3.05) is 31.5 Å². The summed E-state index contributed by atoms with van der Waals surface area (Å²) in [5.41, 5.74) is 5.70. The maximum Gasteiger partial charge on any atom is 0.255 e. The molecule has 2 aliphatic heterocycles. The molecule has 38 heavy (non-hydrogen) atoms. The number of nitrogens with one attached hydrogen (secondary N) is 2. The Morgan fingerprint density at radius 1 is 1.00 bits per heavy atom. The summed E-state index contributed by atoms with van der Waals surface area (Å²) in [5.74, 6) is -0.409. The van der Waals surface area contributed by atoms with E-state index in [0.29, 0.717) is 17.2 Å². The molecule has 4 aromatic rings. The summed E-state index contributed by atoms with van der Waals surface area (Å²) in [6.45, 7) is 5.53. The van der Waals surface area contributed by atoms with E-state index in [4.69, 9.17) is 0 Å². The van der Waals surface area contributed by atoms with Crippen LogP contribution >= 0.6 is 11.3 Å². The van der Waals surface area contributed by atoms with Gasteiger partial charge in [-0.25, -0.2) is 4.98 Å². The van der Waals surface area contributed by atoms with Crippen molar-refractivity contribution < 1.29 is 9.59 Å². The zero-order valence-electron chi connectivity index (χ0n) is 21.0. The standard InChI is InChI=1S/C30H29N5O2S/c36-28(33-30-32-14-17-38-30)27(23-4-2-1-3-5-23)35-20-25-11-10-24(18-26(25)29(35)37)22-8-6-21(7-9-22)19-34-15-12-31-13-16-34/h1-11,14,17-18,27,31H,12-13,15-16,19-20H2,(H,32,33,36)/t27-/m1/s1. The highest BCUT2D eigenvalue weighted by molar-refractivity contribution is 7.13. The van der Waals surface area contributed by atoms with Gasteiger partial charge in [0.25, 0.3) is 11.8 Å². The average Bonchev–Trinajstić information content (AvgIpc) is 3.58. The molecule has 3 heterocycles. The normalized spacial score (nSPS) is 16.3. The molecule has 1 aromatic heterocycles. The molecule has 2 N–H and O–H groups in total. The van der Waals surface area contributed by atoms with Crippen molar-refractivity contribution in [2.45, 2.75) is 19.1 Å². The highest BCUT2D eigenvalue weighted by atomic mass is 32.1. The van der Waals surface area contributed by atoms with Crippen molar-refractivity contribution in [3.8, 4) is 11.1 Å². The number of hydrogen-bond acceptors (Lipinski definition) is 6. The molecule has 0 aliphatic carbocycles. The molecule has 0 spiro atoms. The summed E-state index contributed by atoms with van der Waals surface area (Å²) in [5, 5.41) is 8.60. The Bertz CT molecular complexity index is 1420. The lowest BCUT2D eigenvalue weighted by Crippen LogP contribution is -2.42. The number of anilines is 1. The van der Waals surface area contributed by atoms with Crippen LogP contribution in [-0.2, 0) is 17.9 Å². The number of thiazole rings is 1. The van der Waals surface area contributed by atoms with Crippen LogP contribution in [0.5, 0.6) is 0 Å². The lowest BCUT2D eigenvalue weighted by Gasteiger charge is -2.27. The fourth-order valence-electron chi connectivity index (χ4n) is 5.21. The molecule has 0 radical (unpaired) electrons. The van der Waals surface area contributed by atoms with Crippen molar-refractivity contribution in [3.63, 3.8) is 0 Å². The summed E-state index contributed by atoms with van der Waals surface area (Å²) in [6, 6.07) is 23.3. The molecule has 192 valence electrons. The van der Waals surface area contributed by atoms with Gasteiger partial charge in [0, 0.05) is 56.4 Å². The first kappa shape index (κ1) is 24.5. The minimum Gasteiger partial charge on any atom is -0.318 e. The lowest BCUT2D eigenvalue weighted by atomic mass is 9.99. The van der Waals surface area contributed by atoms with Gasteiger partial charge in [-0.2, -0.15) is 0 Å². The van der Waals surface area contributed by atoms with Gasteiger partial charge >= 0.3 is 0 Å². The predicted molar refractivity (Wildman–Crippen MR) is 150 cm³/mol. The Morgan fingerprint density at radius 3 is 2.50 bits per heavy atom. The van der Waals surface area contributed by atoms with Crippen LogP contribution < -0.4 is 10.6 Å². The van der Waals surface area contributed by atoms with Crippen LogP contribution in [0, 0.1) is 0 Å². The number of fused-ring (bicyclic) bond motifs is 1. The highest BCUT2D eigenvalue weighted by Crippen LogP contribution is 2.35. The van der Waals surface area contributed by atoms with E-state index in [2.05, 4.69) is 50.8 Å². The Labute approximate surface area is 226 Å². The van der Waals surface area contributed by atoms with Gasteiger partial charge < -0.3 is 10.2 Å². The van der Waals surface area contributed by atoms with Gasteiger partial charge in [0.1, 0.15) is 6.04 Å². The van der Waals surface area contributed by atoms with E-state index in [9.17, 15) is 9.59 Å². The van der Waals surface area contributed by atoms with Gasteiger partial charge in [-0.1, -0.05) is 66.7 Å². The van der Waals surface area contributed by atoms with Crippen molar-refractivity contribution in [1.29, 1.82) is 0 Å². The van der Waals surface area contributed by atoms with Gasteiger partial charge in [-0.05, 0) is 33.9 Å². The molecule has 1 fully saturated rings. The van der Waals surface area contributed by atoms with Crippen LogP contribution in [0.4, 0.5) is 5.13 Å². The van der Waals surface area contributed by atoms with Gasteiger partial charge in [-0.15, -0.1) is 11.3 Å². The van der Waals surface area contributed by atoms with E-state index in [1.165, 1.54) is 16.9 Å². The Kier molecular flexibility index (Phi) is 7.00. The topological polar surface area (TPSA) is 77.6 Å². The second-order valence-electron chi connectivity index (χ2n) is 9.67. The Balaban J connectivity index is 1.23. The minimum absolute atomic E-state index is 0.139. The molecule has 0 bridgehead atoms. The summed E-state index contributed by atoms with van der Waals surface area (Å²) < 4.78 is 0. The maximum absolute atomic E-state index is 13.7. The highest BCUT2D eigenvalue weighted by Gasteiger charge is 2.37. The first-order valence-corrected chi connectivity index (χ1v) is 13.8. The molecule has 2 amide bonds. The van der Waals surface area contributed by atoms with Crippen molar-refractivity contribution in [2.24, 2.45) is 0 Å². The second-order valence-corrected chi connectivity index (χ2v) is 10.6. The van der Waals surface area contributed by atoms with Gasteiger partial charge in [0.2, 0.25) is 0 Å². The van der Waals surface area contributed by atoms with Crippen molar-refractivity contribution in [3.05, 3.63) is 107 Å². The second kappa shape index (κ2) is 10.9. The first-order valence-electron chi connectivity index (χ1n) is 12.9. The molecule has 7 nitrogen and oxygen atoms in total. The number of aromatic nitrogens is 1. The fraction of sp³-hybridized carbons (Fsp3) is 0.233. The Hall–Kier alpha value is -3.85. The molecule has 0 saturated carbocycles. The average molecular weight is 524 g/mol. The van der Waals surface area contributed by atoms with E-state index in [-0.39, 0.29) is 11.8 Å². The van der Waals surface area contributed by atoms with Gasteiger partial charge in [0.15, 0.2) is 5.13 Å². The third-order valence-electron chi connectivity index (χ3n) is 7.18. The smallest absolute Gasteiger partial charge is 0.255 e. The van der Waals surface area contributed by atoms with Crippen LogP contribution in [0.15, 0.2) is 84.4 Å². The number of benzene rings is 3. The van der Waals surface area contributed by atoms with E-state index in [0.717, 1.165) is 55.0 Å². The molecule has 6 rings (SSSR count). The molecule has 1 saturated heterocycles. The molecule has 2 aliphatic rings. The number of amides is 2. The number of carbonyl (C=O) groups is 2. The summed E-state index contributed by atoms with van der Waals surface area (Å²) >= 11 is 1.35. The molecule has 8 heteroatoms. The van der Waals surface area contributed by atoms with E-state index >= 15 is 0 Å². The first-order chi connectivity index (χ1) is 18.7. The van der Waals surface area contributed by atoms with Gasteiger partial charge in [0.05, 0.1) is 0 Å². The predicted octanol–water partition coefficient (Wildman–Crippen LogP) is 4.55. The third kappa shape index (κ3) is 5.11. The number of hydrogen-bond donors (Lipinski definition) is 2. The number of nitrogens with zero attached hydrogens (tertiary/aromatic N) is 3. The lowest BCUT2D eigenvalue weighted by molar-refractivity contribution is -0.120. The minimum atomic E-state index is -0.757. The molecule has 1 atom stereocenters. The quantitative estimate of drug-likeness (QED) is 0.372.